The number of methoxy groups -OCH3 is 1. The Morgan fingerprint density at radius 2 is 2.45 bits per heavy atom. The number of likely N-dealkylation sites (N-methyl/N-ethyl adjacent to an activating group) is 1. The lowest BCUT2D eigenvalue weighted by molar-refractivity contribution is -0.135. The van der Waals surface area contributed by atoms with Crippen LogP contribution in [0, 0.1) is 5.92 Å². The molecule has 6 nitrogen and oxygen atoms in total. The van der Waals surface area contributed by atoms with E-state index < -0.39 is 0 Å². The number of likely N-dealkylation sites (tertiary alicyclic amines) is 1. The lowest BCUT2D eigenvalue weighted by Crippen LogP contribution is -2.45. The van der Waals surface area contributed by atoms with Crippen molar-refractivity contribution in [2.45, 2.75) is 18.9 Å². The molecular weight excluding hydrogens is 256 g/mol. The van der Waals surface area contributed by atoms with Crippen molar-refractivity contribution in [3.8, 4) is 0 Å². The fraction of sp³-hybridized carbons (Fsp3) is 0.714. The molecular formula is C14H24N4O2. The number of hydrogen-bond acceptors (Lipinski definition) is 4. The van der Waals surface area contributed by atoms with Gasteiger partial charge in [-0.05, 0) is 25.8 Å². The quantitative estimate of drug-likeness (QED) is 0.856. The number of aryl methyl sites for hydroxylation is 1. The van der Waals surface area contributed by atoms with Gasteiger partial charge in [0.25, 0.3) is 0 Å². The average molecular weight is 280 g/mol. The minimum atomic E-state index is -0.315. The zero-order valence-corrected chi connectivity index (χ0v) is 12.5. The van der Waals surface area contributed by atoms with E-state index in [9.17, 15) is 4.79 Å². The molecule has 1 amide bonds. The summed E-state index contributed by atoms with van der Waals surface area (Å²) >= 11 is 0. The minimum absolute atomic E-state index is 0.126. The third-order valence-electron chi connectivity index (χ3n) is 3.83. The number of carbonyl (C=O) groups excluding carboxylic acids is 1. The zero-order chi connectivity index (χ0) is 14.5. The summed E-state index contributed by atoms with van der Waals surface area (Å²) in [6.07, 6.45) is 5.81. The van der Waals surface area contributed by atoms with Crippen molar-refractivity contribution in [3.63, 3.8) is 0 Å². The molecule has 1 aliphatic rings. The summed E-state index contributed by atoms with van der Waals surface area (Å²) in [5, 5.41) is 7.24. The Balaban J connectivity index is 2.04. The molecule has 2 unspecified atom stereocenters. The van der Waals surface area contributed by atoms with Gasteiger partial charge in [-0.25, -0.2) is 0 Å². The maximum absolute atomic E-state index is 12.7. The third-order valence-corrected chi connectivity index (χ3v) is 3.83. The first-order chi connectivity index (χ1) is 9.65. The molecule has 0 radical (unpaired) electrons. The van der Waals surface area contributed by atoms with E-state index in [1.807, 2.05) is 25.2 Å². The van der Waals surface area contributed by atoms with Crippen LogP contribution in [-0.2, 0) is 16.6 Å². The fourth-order valence-electron chi connectivity index (χ4n) is 2.84. The molecule has 0 saturated carbocycles. The summed E-state index contributed by atoms with van der Waals surface area (Å²) in [5.41, 5.74) is 0.911. The minimum Gasteiger partial charge on any atom is -0.384 e. The predicted molar refractivity (Wildman–Crippen MR) is 76.2 cm³/mol. The largest absolute Gasteiger partial charge is 0.384 e. The van der Waals surface area contributed by atoms with E-state index in [2.05, 4.69) is 10.4 Å². The van der Waals surface area contributed by atoms with Crippen LogP contribution in [0.25, 0.3) is 0 Å². The van der Waals surface area contributed by atoms with Gasteiger partial charge in [0.2, 0.25) is 5.91 Å². The molecule has 1 aromatic heterocycles. The second-order valence-corrected chi connectivity index (χ2v) is 5.42. The van der Waals surface area contributed by atoms with Crippen molar-refractivity contribution in [2.75, 3.05) is 33.9 Å². The second-order valence-electron chi connectivity index (χ2n) is 5.42. The Kier molecular flexibility index (Phi) is 5.14. The molecule has 1 aromatic rings. The van der Waals surface area contributed by atoms with Gasteiger partial charge in [0, 0.05) is 39.0 Å². The molecule has 0 spiro atoms. The highest BCUT2D eigenvalue weighted by molar-refractivity contribution is 5.83. The summed E-state index contributed by atoms with van der Waals surface area (Å²) in [5.74, 6) is 0.574. The molecule has 0 aromatic carbocycles. The van der Waals surface area contributed by atoms with Crippen LogP contribution in [0.2, 0.25) is 0 Å². The number of rotatable bonds is 5. The van der Waals surface area contributed by atoms with Crippen molar-refractivity contribution in [1.29, 1.82) is 0 Å². The van der Waals surface area contributed by atoms with Gasteiger partial charge in [-0.3, -0.25) is 9.48 Å². The van der Waals surface area contributed by atoms with E-state index in [0.717, 1.165) is 38.1 Å². The normalized spacial score (nSPS) is 20.9. The van der Waals surface area contributed by atoms with Crippen LogP contribution >= 0.6 is 0 Å². The number of aromatic nitrogens is 2. The van der Waals surface area contributed by atoms with Crippen LogP contribution < -0.4 is 5.32 Å². The van der Waals surface area contributed by atoms with Crippen LogP contribution in [0.4, 0.5) is 0 Å². The first kappa shape index (κ1) is 15.0. The van der Waals surface area contributed by atoms with Gasteiger partial charge in [-0.15, -0.1) is 0 Å². The molecule has 1 aliphatic heterocycles. The predicted octanol–water partition coefficient (Wildman–Crippen LogP) is 0.566. The maximum atomic E-state index is 12.7. The molecule has 20 heavy (non-hydrogen) atoms. The van der Waals surface area contributed by atoms with Crippen molar-refractivity contribution < 1.29 is 9.53 Å². The topological polar surface area (TPSA) is 59.4 Å². The lowest BCUT2D eigenvalue weighted by atomic mass is 9.97. The molecule has 0 aliphatic carbocycles. The number of nitrogens with one attached hydrogen (secondary N) is 1. The van der Waals surface area contributed by atoms with Gasteiger partial charge >= 0.3 is 0 Å². The molecule has 112 valence electrons. The maximum Gasteiger partial charge on any atom is 0.244 e. The first-order valence-corrected chi connectivity index (χ1v) is 7.09. The van der Waals surface area contributed by atoms with Gasteiger partial charge in [-0.1, -0.05) is 0 Å². The smallest absolute Gasteiger partial charge is 0.244 e. The van der Waals surface area contributed by atoms with Crippen molar-refractivity contribution >= 4 is 5.91 Å². The van der Waals surface area contributed by atoms with Crippen LogP contribution in [0.3, 0.4) is 0 Å². The van der Waals surface area contributed by atoms with E-state index >= 15 is 0 Å². The first-order valence-electron chi connectivity index (χ1n) is 7.09. The number of amides is 1. The van der Waals surface area contributed by atoms with Gasteiger partial charge in [0.15, 0.2) is 0 Å². The second kappa shape index (κ2) is 6.85. The van der Waals surface area contributed by atoms with Gasteiger partial charge in [0.05, 0.1) is 12.8 Å². The number of ether oxygens (including phenoxy) is 1. The Bertz CT molecular complexity index is 444. The van der Waals surface area contributed by atoms with E-state index in [1.165, 1.54) is 0 Å². The van der Waals surface area contributed by atoms with Crippen LogP contribution in [0.5, 0.6) is 0 Å². The van der Waals surface area contributed by atoms with Gasteiger partial charge in [-0.2, -0.15) is 5.10 Å². The van der Waals surface area contributed by atoms with Crippen molar-refractivity contribution in [1.82, 2.24) is 20.0 Å². The molecule has 6 heteroatoms. The Hall–Kier alpha value is -1.40. The SMILES string of the molecule is CNC(C(=O)N1CCCC(COC)C1)c1cnn(C)c1. The summed E-state index contributed by atoms with van der Waals surface area (Å²) in [7, 11) is 5.38. The molecule has 1 fully saturated rings. The van der Waals surface area contributed by atoms with Gasteiger partial charge in [0.1, 0.15) is 6.04 Å². The van der Waals surface area contributed by atoms with Crippen LogP contribution in [0.1, 0.15) is 24.4 Å². The van der Waals surface area contributed by atoms with Gasteiger partial charge < -0.3 is 15.0 Å². The molecule has 1 saturated heterocycles. The summed E-state index contributed by atoms with van der Waals surface area (Å²) < 4.78 is 6.94. The third kappa shape index (κ3) is 3.37. The number of nitrogens with zero attached hydrogens (tertiary/aromatic N) is 3. The molecule has 0 bridgehead atoms. The van der Waals surface area contributed by atoms with E-state index in [-0.39, 0.29) is 11.9 Å². The van der Waals surface area contributed by atoms with Crippen molar-refractivity contribution in [3.05, 3.63) is 18.0 Å². The zero-order valence-electron chi connectivity index (χ0n) is 12.5. The number of piperidine rings is 1. The highest BCUT2D eigenvalue weighted by atomic mass is 16.5. The number of carbonyl (C=O) groups is 1. The van der Waals surface area contributed by atoms with Crippen LogP contribution in [0.15, 0.2) is 12.4 Å². The van der Waals surface area contributed by atoms with E-state index in [0.29, 0.717) is 5.92 Å². The molecule has 2 rings (SSSR count). The monoisotopic (exact) mass is 280 g/mol. The summed E-state index contributed by atoms with van der Waals surface area (Å²) in [6, 6.07) is -0.315. The standard InChI is InChI=1S/C14H24N4O2/c1-15-13(12-7-16-17(2)9-12)14(19)18-6-4-5-11(8-18)10-20-3/h7,9,11,13,15H,4-6,8,10H2,1-3H3. The van der Waals surface area contributed by atoms with E-state index in [4.69, 9.17) is 4.74 Å². The molecule has 2 atom stereocenters. The fourth-order valence-corrected chi connectivity index (χ4v) is 2.84. The lowest BCUT2D eigenvalue weighted by Gasteiger charge is -2.34. The Morgan fingerprint density at radius 3 is 3.05 bits per heavy atom. The molecule has 2 heterocycles. The highest BCUT2D eigenvalue weighted by Gasteiger charge is 2.29. The average Bonchev–Trinajstić information content (AvgIpc) is 2.87. The van der Waals surface area contributed by atoms with Crippen molar-refractivity contribution in [2.24, 2.45) is 13.0 Å². The Labute approximate surface area is 120 Å². The molecule has 1 N–H and O–H groups in total. The summed E-state index contributed by atoms with van der Waals surface area (Å²) in [4.78, 5) is 14.6. The van der Waals surface area contributed by atoms with E-state index in [1.54, 1.807) is 18.0 Å². The number of hydrogen-bond donors (Lipinski definition) is 1. The van der Waals surface area contributed by atoms with Crippen LogP contribution in [-0.4, -0.2) is 54.4 Å². The Morgan fingerprint density at radius 1 is 1.65 bits per heavy atom. The highest BCUT2D eigenvalue weighted by Crippen LogP contribution is 2.21. The summed E-state index contributed by atoms with van der Waals surface area (Å²) in [6.45, 7) is 2.34.